The molecule has 4 nitrogen and oxygen atoms in total. The molecule has 2 rings (SSSR count). The highest BCUT2D eigenvalue weighted by molar-refractivity contribution is 5.47. The summed E-state index contributed by atoms with van der Waals surface area (Å²) in [4.78, 5) is 9.57. The highest BCUT2D eigenvalue weighted by Gasteiger charge is 2.15. The highest BCUT2D eigenvalue weighted by atomic mass is 15.2. The molecule has 1 N–H and O–H groups in total. The summed E-state index contributed by atoms with van der Waals surface area (Å²) >= 11 is 0. The first kappa shape index (κ1) is 16.2. The van der Waals surface area contributed by atoms with E-state index in [-0.39, 0.29) is 0 Å². The summed E-state index contributed by atoms with van der Waals surface area (Å²) in [7, 11) is 2.20. The Bertz CT molecular complexity index is 444. The number of pyridine rings is 1. The minimum atomic E-state index is 0.687. The van der Waals surface area contributed by atoms with Gasteiger partial charge >= 0.3 is 0 Å². The van der Waals surface area contributed by atoms with Gasteiger partial charge in [0.25, 0.3) is 0 Å². The lowest BCUT2D eigenvalue weighted by Crippen LogP contribution is -2.30. The van der Waals surface area contributed by atoms with Crippen LogP contribution in [0.15, 0.2) is 12.3 Å². The maximum Gasteiger partial charge on any atom is 0.131 e. The maximum absolute atomic E-state index is 4.73. The van der Waals surface area contributed by atoms with E-state index in [0.29, 0.717) is 5.92 Å². The van der Waals surface area contributed by atoms with E-state index < -0.39 is 0 Å². The van der Waals surface area contributed by atoms with Gasteiger partial charge in [0.05, 0.1) is 0 Å². The van der Waals surface area contributed by atoms with E-state index in [1.165, 1.54) is 24.1 Å². The molecule has 1 fully saturated rings. The first-order valence-electron chi connectivity index (χ1n) is 8.16. The first-order chi connectivity index (χ1) is 10.1. The molecule has 118 valence electrons. The van der Waals surface area contributed by atoms with Crippen molar-refractivity contribution in [1.82, 2.24) is 15.2 Å². The van der Waals surface area contributed by atoms with Gasteiger partial charge < -0.3 is 15.1 Å². The topological polar surface area (TPSA) is 31.4 Å². The summed E-state index contributed by atoms with van der Waals surface area (Å²) in [6, 6.07) is 2.28. The second-order valence-corrected chi connectivity index (χ2v) is 6.65. The van der Waals surface area contributed by atoms with Crippen molar-refractivity contribution in [1.29, 1.82) is 0 Å². The average molecular weight is 290 g/mol. The van der Waals surface area contributed by atoms with E-state index in [1.807, 2.05) is 6.20 Å². The standard InChI is InChI=1S/C17H30N4/c1-14(2)11-18-12-16-10-15(3)17(19-13-16)21-7-5-6-20(4)8-9-21/h10,13-14,18H,5-9,11-12H2,1-4H3. The van der Waals surface area contributed by atoms with Crippen LogP contribution in [0.1, 0.15) is 31.4 Å². The number of aryl methyl sites for hydroxylation is 1. The Labute approximate surface area is 129 Å². The molecule has 0 radical (unpaired) electrons. The Morgan fingerprint density at radius 1 is 1.24 bits per heavy atom. The molecule has 4 heteroatoms. The average Bonchev–Trinajstić information content (AvgIpc) is 2.63. The van der Waals surface area contributed by atoms with Crippen LogP contribution in [-0.2, 0) is 6.54 Å². The number of aromatic nitrogens is 1. The number of hydrogen-bond donors (Lipinski definition) is 1. The number of hydrogen-bond acceptors (Lipinski definition) is 4. The molecule has 0 unspecified atom stereocenters. The maximum atomic E-state index is 4.73. The third kappa shape index (κ3) is 4.97. The van der Waals surface area contributed by atoms with Gasteiger partial charge in [0.1, 0.15) is 5.82 Å². The molecule has 0 spiro atoms. The third-order valence-corrected chi connectivity index (χ3v) is 4.01. The Balaban J connectivity index is 1.98. The monoisotopic (exact) mass is 290 g/mol. The number of rotatable bonds is 5. The molecule has 0 saturated carbocycles. The molecule has 1 aliphatic heterocycles. The molecule has 0 amide bonds. The minimum Gasteiger partial charge on any atom is -0.355 e. The smallest absolute Gasteiger partial charge is 0.131 e. The highest BCUT2D eigenvalue weighted by Crippen LogP contribution is 2.19. The Morgan fingerprint density at radius 2 is 2.05 bits per heavy atom. The molecule has 1 aliphatic rings. The van der Waals surface area contributed by atoms with Crippen LogP contribution in [0.5, 0.6) is 0 Å². The number of anilines is 1. The molecule has 0 aromatic carbocycles. The van der Waals surface area contributed by atoms with Crippen LogP contribution < -0.4 is 10.2 Å². The van der Waals surface area contributed by atoms with Crippen LogP contribution in [0.3, 0.4) is 0 Å². The van der Waals surface area contributed by atoms with Gasteiger partial charge in [0, 0.05) is 32.4 Å². The minimum absolute atomic E-state index is 0.687. The Kier molecular flexibility index (Phi) is 6.00. The van der Waals surface area contributed by atoms with Gasteiger partial charge in [-0.3, -0.25) is 0 Å². The Morgan fingerprint density at radius 3 is 2.76 bits per heavy atom. The van der Waals surface area contributed by atoms with Crippen molar-refractivity contribution >= 4 is 5.82 Å². The fourth-order valence-electron chi connectivity index (χ4n) is 2.82. The zero-order chi connectivity index (χ0) is 15.2. The van der Waals surface area contributed by atoms with Gasteiger partial charge in [0.15, 0.2) is 0 Å². The number of nitrogens with zero attached hydrogens (tertiary/aromatic N) is 3. The molecule has 21 heavy (non-hydrogen) atoms. The molecular formula is C17H30N4. The first-order valence-corrected chi connectivity index (χ1v) is 8.16. The largest absolute Gasteiger partial charge is 0.355 e. The summed E-state index contributed by atoms with van der Waals surface area (Å²) in [6.45, 7) is 13.1. The zero-order valence-electron chi connectivity index (χ0n) is 14.0. The van der Waals surface area contributed by atoms with Crippen LogP contribution in [0.25, 0.3) is 0 Å². The van der Waals surface area contributed by atoms with Crippen molar-refractivity contribution in [2.45, 2.75) is 33.7 Å². The predicted molar refractivity (Wildman–Crippen MR) is 89.8 cm³/mol. The van der Waals surface area contributed by atoms with Crippen LogP contribution in [0, 0.1) is 12.8 Å². The molecule has 1 aromatic heterocycles. The van der Waals surface area contributed by atoms with Gasteiger partial charge in [-0.2, -0.15) is 0 Å². The van der Waals surface area contributed by atoms with Gasteiger partial charge in [-0.1, -0.05) is 13.8 Å². The van der Waals surface area contributed by atoms with Crippen molar-refractivity contribution in [3.8, 4) is 0 Å². The van der Waals surface area contributed by atoms with Crippen LogP contribution in [0.4, 0.5) is 5.82 Å². The summed E-state index contributed by atoms with van der Waals surface area (Å²) in [5.41, 5.74) is 2.58. The van der Waals surface area contributed by atoms with Crippen molar-refractivity contribution in [2.24, 2.45) is 5.92 Å². The third-order valence-electron chi connectivity index (χ3n) is 4.01. The van der Waals surface area contributed by atoms with Crippen molar-refractivity contribution in [2.75, 3.05) is 44.7 Å². The van der Waals surface area contributed by atoms with Crippen LogP contribution in [-0.4, -0.2) is 49.7 Å². The second-order valence-electron chi connectivity index (χ2n) is 6.65. The normalized spacial score (nSPS) is 17.3. The summed E-state index contributed by atoms with van der Waals surface area (Å²) < 4.78 is 0. The molecule has 0 aliphatic carbocycles. The van der Waals surface area contributed by atoms with Gasteiger partial charge in [-0.15, -0.1) is 0 Å². The molecule has 0 bridgehead atoms. The number of nitrogens with one attached hydrogen (secondary N) is 1. The predicted octanol–water partition coefficient (Wildman–Crippen LogP) is 2.28. The van der Waals surface area contributed by atoms with E-state index in [2.05, 4.69) is 49.0 Å². The van der Waals surface area contributed by atoms with Crippen molar-refractivity contribution in [3.05, 3.63) is 23.4 Å². The summed E-state index contributed by atoms with van der Waals surface area (Å²) in [5.74, 6) is 1.85. The summed E-state index contributed by atoms with van der Waals surface area (Å²) in [6.07, 6.45) is 3.25. The lowest BCUT2D eigenvalue weighted by Gasteiger charge is -2.23. The van der Waals surface area contributed by atoms with Gasteiger partial charge in [0.2, 0.25) is 0 Å². The molecular weight excluding hydrogens is 260 g/mol. The lowest BCUT2D eigenvalue weighted by atomic mass is 10.1. The van der Waals surface area contributed by atoms with Crippen molar-refractivity contribution in [3.63, 3.8) is 0 Å². The Hall–Kier alpha value is -1.13. The molecule has 1 aromatic rings. The van der Waals surface area contributed by atoms with E-state index in [0.717, 1.165) is 38.5 Å². The zero-order valence-corrected chi connectivity index (χ0v) is 14.0. The SMILES string of the molecule is Cc1cc(CNCC(C)C)cnc1N1CCCN(C)CC1. The van der Waals surface area contributed by atoms with E-state index in [9.17, 15) is 0 Å². The van der Waals surface area contributed by atoms with E-state index in [1.54, 1.807) is 0 Å². The van der Waals surface area contributed by atoms with Crippen LogP contribution in [0.2, 0.25) is 0 Å². The summed E-state index contributed by atoms with van der Waals surface area (Å²) in [5, 5.41) is 3.48. The van der Waals surface area contributed by atoms with Gasteiger partial charge in [-0.25, -0.2) is 4.98 Å². The fourth-order valence-corrected chi connectivity index (χ4v) is 2.82. The molecule has 2 heterocycles. The van der Waals surface area contributed by atoms with E-state index in [4.69, 9.17) is 4.98 Å². The quantitative estimate of drug-likeness (QED) is 0.901. The fraction of sp³-hybridized carbons (Fsp3) is 0.706. The molecule has 1 saturated heterocycles. The lowest BCUT2D eigenvalue weighted by molar-refractivity contribution is 0.360. The second kappa shape index (κ2) is 7.76. The van der Waals surface area contributed by atoms with Crippen molar-refractivity contribution < 1.29 is 0 Å². The van der Waals surface area contributed by atoms with Gasteiger partial charge in [-0.05, 0) is 56.6 Å². The molecule has 0 atom stereocenters. The van der Waals surface area contributed by atoms with E-state index >= 15 is 0 Å². The van der Waals surface area contributed by atoms with Crippen LogP contribution >= 0.6 is 0 Å². The number of likely N-dealkylation sites (N-methyl/N-ethyl adjacent to an activating group) is 1.